The molecule has 0 saturated carbocycles. The van der Waals surface area contributed by atoms with Crippen molar-refractivity contribution in [3.63, 3.8) is 0 Å². The quantitative estimate of drug-likeness (QED) is 0.788. The highest BCUT2D eigenvalue weighted by molar-refractivity contribution is 5.94. The molecule has 2 N–H and O–H groups in total. The van der Waals surface area contributed by atoms with Gasteiger partial charge in [0, 0.05) is 49.6 Å². The molecule has 21 heavy (non-hydrogen) atoms. The Morgan fingerprint density at radius 2 is 1.76 bits per heavy atom. The maximum absolute atomic E-state index is 11.8. The molecular weight excluding hydrogens is 272 g/mol. The van der Waals surface area contributed by atoms with Crippen LogP contribution in [0.1, 0.15) is 5.56 Å². The number of aliphatic hydroxyl groups excluding tert-OH is 1. The molecule has 6 nitrogen and oxygen atoms in total. The summed E-state index contributed by atoms with van der Waals surface area (Å²) in [5.74, 6) is -1.41. The van der Waals surface area contributed by atoms with Gasteiger partial charge in [-0.05, 0) is 6.07 Å². The first-order valence-corrected chi connectivity index (χ1v) is 6.75. The van der Waals surface area contributed by atoms with Gasteiger partial charge in [-0.1, -0.05) is 18.2 Å². The number of carboxylic acids is 1. The number of carbonyl (C=O) groups is 2. The SMILES string of the molecule is O=C(O)C=CC(=O)N1CCN(c2ccccc2CO)CC1. The number of nitrogens with zero attached hydrogens (tertiary/aromatic N) is 2. The third kappa shape index (κ3) is 3.82. The molecule has 1 amide bonds. The number of carboxylic acid groups (broad SMARTS) is 1. The van der Waals surface area contributed by atoms with Gasteiger partial charge in [0.25, 0.3) is 0 Å². The monoisotopic (exact) mass is 290 g/mol. The number of piperazine rings is 1. The molecule has 2 rings (SSSR count). The zero-order chi connectivity index (χ0) is 15.2. The van der Waals surface area contributed by atoms with Gasteiger partial charge in [0.05, 0.1) is 6.61 Å². The van der Waals surface area contributed by atoms with Crippen LogP contribution in [0, 0.1) is 0 Å². The van der Waals surface area contributed by atoms with Crippen molar-refractivity contribution >= 4 is 17.6 Å². The highest BCUT2D eigenvalue weighted by atomic mass is 16.4. The zero-order valence-corrected chi connectivity index (χ0v) is 11.6. The standard InChI is InChI=1S/C15H18N2O4/c18-11-12-3-1-2-4-13(12)16-7-9-17(10-8-16)14(19)5-6-15(20)21/h1-6,18H,7-11H2,(H,20,21). The molecule has 1 aromatic rings. The van der Waals surface area contributed by atoms with Gasteiger partial charge in [-0.3, -0.25) is 4.79 Å². The molecule has 1 saturated heterocycles. The number of carbonyl (C=O) groups excluding carboxylic acids is 1. The van der Waals surface area contributed by atoms with Crippen LogP contribution in [0.2, 0.25) is 0 Å². The lowest BCUT2D eigenvalue weighted by Gasteiger charge is -2.36. The molecular formula is C15H18N2O4. The second-order valence-corrected chi connectivity index (χ2v) is 4.77. The van der Waals surface area contributed by atoms with Crippen molar-refractivity contribution in [1.29, 1.82) is 0 Å². The average molecular weight is 290 g/mol. The van der Waals surface area contributed by atoms with Crippen LogP contribution in [0.5, 0.6) is 0 Å². The number of anilines is 1. The summed E-state index contributed by atoms with van der Waals surface area (Å²) in [5.41, 5.74) is 1.84. The molecule has 0 atom stereocenters. The molecule has 1 heterocycles. The minimum Gasteiger partial charge on any atom is -0.478 e. The zero-order valence-electron chi connectivity index (χ0n) is 11.6. The highest BCUT2D eigenvalue weighted by Gasteiger charge is 2.21. The smallest absolute Gasteiger partial charge is 0.328 e. The third-order valence-electron chi connectivity index (χ3n) is 3.46. The van der Waals surface area contributed by atoms with Gasteiger partial charge < -0.3 is 20.0 Å². The minimum atomic E-state index is -1.13. The fraction of sp³-hybridized carbons (Fsp3) is 0.333. The van der Waals surface area contributed by atoms with Crippen molar-refractivity contribution in [2.45, 2.75) is 6.61 Å². The van der Waals surface area contributed by atoms with Crippen LogP contribution < -0.4 is 4.90 Å². The van der Waals surface area contributed by atoms with Gasteiger partial charge >= 0.3 is 5.97 Å². The van der Waals surface area contributed by atoms with E-state index in [0.717, 1.165) is 23.4 Å². The number of rotatable bonds is 4. The Balaban J connectivity index is 1.97. The van der Waals surface area contributed by atoms with E-state index in [-0.39, 0.29) is 12.5 Å². The predicted octanol–water partition coefficient (Wildman–Crippen LogP) is 0.468. The lowest BCUT2D eigenvalue weighted by atomic mass is 10.1. The molecule has 0 aliphatic carbocycles. The van der Waals surface area contributed by atoms with Gasteiger partial charge in [-0.2, -0.15) is 0 Å². The summed E-state index contributed by atoms with van der Waals surface area (Å²) in [7, 11) is 0. The Morgan fingerprint density at radius 3 is 2.38 bits per heavy atom. The lowest BCUT2D eigenvalue weighted by molar-refractivity contribution is -0.132. The Labute approximate surface area is 122 Å². The van der Waals surface area contributed by atoms with Crippen LogP contribution in [0.25, 0.3) is 0 Å². The predicted molar refractivity (Wildman–Crippen MR) is 77.9 cm³/mol. The van der Waals surface area contributed by atoms with Crippen LogP contribution in [0.4, 0.5) is 5.69 Å². The molecule has 0 bridgehead atoms. The first-order chi connectivity index (χ1) is 10.1. The Bertz CT molecular complexity index is 548. The molecule has 0 spiro atoms. The van der Waals surface area contributed by atoms with E-state index in [2.05, 4.69) is 4.90 Å². The van der Waals surface area contributed by atoms with E-state index in [4.69, 9.17) is 5.11 Å². The van der Waals surface area contributed by atoms with Crippen molar-refractivity contribution in [1.82, 2.24) is 4.90 Å². The Kier molecular flexibility index (Phi) is 4.94. The maximum atomic E-state index is 11.8. The maximum Gasteiger partial charge on any atom is 0.328 e. The van der Waals surface area contributed by atoms with Crippen molar-refractivity contribution in [2.75, 3.05) is 31.1 Å². The Hall–Kier alpha value is -2.34. The molecule has 1 aromatic carbocycles. The van der Waals surface area contributed by atoms with Crippen molar-refractivity contribution in [2.24, 2.45) is 0 Å². The van der Waals surface area contributed by atoms with E-state index < -0.39 is 5.97 Å². The Morgan fingerprint density at radius 1 is 1.10 bits per heavy atom. The third-order valence-corrected chi connectivity index (χ3v) is 3.46. The number of benzene rings is 1. The van der Waals surface area contributed by atoms with Crippen LogP contribution in [-0.4, -0.2) is 53.2 Å². The fourth-order valence-electron chi connectivity index (χ4n) is 2.37. The second-order valence-electron chi connectivity index (χ2n) is 4.77. The van der Waals surface area contributed by atoms with Crippen LogP contribution in [-0.2, 0) is 16.2 Å². The van der Waals surface area contributed by atoms with Gasteiger partial charge in [0.2, 0.25) is 5.91 Å². The van der Waals surface area contributed by atoms with E-state index in [1.54, 1.807) is 4.90 Å². The molecule has 0 radical (unpaired) electrons. The van der Waals surface area contributed by atoms with E-state index >= 15 is 0 Å². The number of para-hydroxylation sites is 1. The molecule has 0 unspecified atom stereocenters. The summed E-state index contributed by atoms with van der Waals surface area (Å²) in [6.07, 6.45) is 1.94. The van der Waals surface area contributed by atoms with Gasteiger partial charge in [0.1, 0.15) is 0 Å². The van der Waals surface area contributed by atoms with Crippen molar-refractivity contribution < 1.29 is 19.8 Å². The first kappa shape index (κ1) is 15.1. The fourth-order valence-corrected chi connectivity index (χ4v) is 2.37. The van der Waals surface area contributed by atoms with E-state index in [0.29, 0.717) is 26.2 Å². The number of amides is 1. The summed E-state index contributed by atoms with van der Waals surface area (Å²) in [4.78, 5) is 25.9. The van der Waals surface area contributed by atoms with Gasteiger partial charge in [-0.25, -0.2) is 4.79 Å². The first-order valence-electron chi connectivity index (χ1n) is 6.75. The molecule has 1 aliphatic heterocycles. The topological polar surface area (TPSA) is 81.1 Å². The van der Waals surface area contributed by atoms with E-state index in [9.17, 15) is 14.7 Å². The van der Waals surface area contributed by atoms with E-state index in [1.807, 2.05) is 24.3 Å². The molecule has 112 valence electrons. The molecule has 0 aromatic heterocycles. The second kappa shape index (κ2) is 6.90. The molecule has 1 fully saturated rings. The van der Waals surface area contributed by atoms with Gasteiger partial charge in [0.15, 0.2) is 0 Å². The largest absolute Gasteiger partial charge is 0.478 e. The summed E-state index contributed by atoms with van der Waals surface area (Å²) in [6, 6.07) is 7.63. The summed E-state index contributed by atoms with van der Waals surface area (Å²) in [6.45, 7) is 2.36. The van der Waals surface area contributed by atoms with Crippen LogP contribution in [0.15, 0.2) is 36.4 Å². The van der Waals surface area contributed by atoms with Crippen molar-refractivity contribution in [3.05, 3.63) is 42.0 Å². The van der Waals surface area contributed by atoms with Crippen molar-refractivity contribution in [3.8, 4) is 0 Å². The van der Waals surface area contributed by atoms with Gasteiger partial charge in [-0.15, -0.1) is 0 Å². The summed E-state index contributed by atoms with van der Waals surface area (Å²) in [5, 5.41) is 17.9. The minimum absolute atomic E-state index is 0.0172. The van der Waals surface area contributed by atoms with Crippen LogP contribution in [0.3, 0.4) is 0 Å². The molecule has 6 heteroatoms. The normalized spacial score (nSPS) is 15.5. The highest BCUT2D eigenvalue weighted by Crippen LogP contribution is 2.21. The number of hydrogen-bond donors (Lipinski definition) is 2. The summed E-state index contributed by atoms with van der Waals surface area (Å²) < 4.78 is 0. The number of aliphatic carboxylic acids is 1. The lowest BCUT2D eigenvalue weighted by Crippen LogP contribution is -2.48. The summed E-state index contributed by atoms with van der Waals surface area (Å²) >= 11 is 0. The average Bonchev–Trinajstić information content (AvgIpc) is 2.52. The molecule has 1 aliphatic rings. The van der Waals surface area contributed by atoms with E-state index in [1.165, 1.54) is 0 Å². The van der Waals surface area contributed by atoms with Crippen LogP contribution >= 0.6 is 0 Å². The number of aliphatic hydroxyl groups is 1. The number of hydrogen-bond acceptors (Lipinski definition) is 4.